The van der Waals surface area contributed by atoms with Gasteiger partial charge in [0, 0.05) is 18.3 Å². The van der Waals surface area contributed by atoms with Crippen molar-refractivity contribution in [1.29, 1.82) is 0 Å². The molecule has 0 aliphatic carbocycles. The Morgan fingerprint density at radius 3 is 2.67 bits per heavy atom. The first-order chi connectivity index (χ1) is 11.5. The zero-order valence-corrected chi connectivity index (χ0v) is 14.1. The van der Waals surface area contributed by atoms with E-state index in [1.807, 2.05) is 11.5 Å². The summed E-state index contributed by atoms with van der Waals surface area (Å²) in [6.07, 6.45) is 4.87. The van der Waals surface area contributed by atoms with E-state index in [1.54, 1.807) is 38.0 Å². The molecule has 7 nitrogen and oxygen atoms in total. The first-order valence-electron chi connectivity index (χ1n) is 7.64. The molecule has 124 valence electrons. The Labute approximate surface area is 139 Å². The molecule has 0 bridgehead atoms. The Morgan fingerprint density at radius 2 is 2.00 bits per heavy atom. The summed E-state index contributed by atoms with van der Waals surface area (Å²) >= 11 is 0. The van der Waals surface area contributed by atoms with Crippen molar-refractivity contribution in [2.75, 3.05) is 12.4 Å². The van der Waals surface area contributed by atoms with Gasteiger partial charge >= 0.3 is 0 Å². The van der Waals surface area contributed by atoms with E-state index in [2.05, 4.69) is 34.1 Å². The maximum absolute atomic E-state index is 12.5. The van der Waals surface area contributed by atoms with Crippen molar-refractivity contribution in [1.82, 2.24) is 19.5 Å². The van der Waals surface area contributed by atoms with Crippen LogP contribution >= 0.6 is 0 Å². The predicted octanol–water partition coefficient (Wildman–Crippen LogP) is 2.98. The van der Waals surface area contributed by atoms with Gasteiger partial charge in [-0.2, -0.15) is 0 Å². The van der Waals surface area contributed by atoms with Gasteiger partial charge in [0.25, 0.3) is 5.91 Å². The van der Waals surface area contributed by atoms with Crippen LogP contribution in [0, 0.1) is 6.92 Å². The number of carbonyl (C=O) groups excluding carboxylic acids is 1. The van der Waals surface area contributed by atoms with Gasteiger partial charge in [0.15, 0.2) is 5.65 Å². The molecule has 3 aromatic heterocycles. The first kappa shape index (κ1) is 15.9. The maximum atomic E-state index is 12.5. The van der Waals surface area contributed by atoms with E-state index >= 15 is 0 Å². The molecule has 3 aromatic rings. The van der Waals surface area contributed by atoms with Crippen molar-refractivity contribution < 1.29 is 9.53 Å². The monoisotopic (exact) mass is 325 g/mol. The van der Waals surface area contributed by atoms with E-state index in [1.165, 1.54) is 0 Å². The normalized spacial score (nSPS) is 11.0. The van der Waals surface area contributed by atoms with E-state index in [0.29, 0.717) is 22.6 Å². The van der Waals surface area contributed by atoms with Crippen molar-refractivity contribution in [3.05, 3.63) is 42.0 Å². The van der Waals surface area contributed by atoms with Crippen LogP contribution < -0.4 is 10.1 Å². The Hall–Kier alpha value is -2.96. The average Bonchev–Trinajstić information content (AvgIpc) is 2.99. The number of nitrogens with one attached hydrogen (secondary N) is 1. The van der Waals surface area contributed by atoms with E-state index in [4.69, 9.17) is 4.74 Å². The summed E-state index contributed by atoms with van der Waals surface area (Å²) in [7, 11) is 1.55. The fourth-order valence-corrected chi connectivity index (χ4v) is 2.39. The number of aromatic nitrogens is 4. The topological polar surface area (TPSA) is 81.9 Å². The molecule has 3 rings (SSSR count). The minimum atomic E-state index is -0.251. The highest BCUT2D eigenvalue weighted by Gasteiger charge is 2.13. The zero-order valence-electron chi connectivity index (χ0n) is 14.1. The van der Waals surface area contributed by atoms with Gasteiger partial charge in [0.1, 0.15) is 5.52 Å². The van der Waals surface area contributed by atoms with E-state index in [9.17, 15) is 4.79 Å². The number of hydrogen-bond donors (Lipinski definition) is 1. The minimum Gasteiger partial charge on any atom is -0.481 e. The molecule has 0 radical (unpaired) electrons. The fourth-order valence-electron chi connectivity index (χ4n) is 2.39. The number of pyridine rings is 2. The van der Waals surface area contributed by atoms with Gasteiger partial charge < -0.3 is 14.6 Å². The van der Waals surface area contributed by atoms with Crippen LogP contribution in [0.3, 0.4) is 0 Å². The summed E-state index contributed by atoms with van der Waals surface area (Å²) < 4.78 is 7.03. The number of nitrogens with zero attached hydrogens (tertiary/aromatic N) is 4. The van der Waals surface area contributed by atoms with Gasteiger partial charge in [-0.3, -0.25) is 4.79 Å². The van der Waals surface area contributed by atoms with Crippen LogP contribution in [0.25, 0.3) is 11.2 Å². The third kappa shape index (κ3) is 2.92. The van der Waals surface area contributed by atoms with E-state index < -0.39 is 0 Å². The van der Waals surface area contributed by atoms with Crippen LogP contribution in [-0.4, -0.2) is 32.5 Å². The quantitative estimate of drug-likeness (QED) is 0.797. The van der Waals surface area contributed by atoms with Gasteiger partial charge in [-0.15, -0.1) is 0 Å². The molecular formula is C17H19N5O2. The molecule has 1 N–H and O–H groups in total. The Morgan fingerprint density at radius 1 is 1.21 bits per heavy atom. The number of aryl methyl sites for hydroxylation is 1. The molecular weight excluding hydrogens is 306 g/mol. The summed E-state index contributed by atoms with van der Waals surface area (Å²) in [5.74, 6) is 0.256. The van der Waals surface area contributed by atoms with Crippen LogP contribution in [0.15, 0.2) is 30.9 Å². The van der Waals surface area contributed by atoms with Gasteiger partial charge in [0.05, 0.1) is 30.9 Å². The third-order valence-electron chi connectivity index (χ3n) is 3.77. The first-order valence-corrected chi connectivity index (χ1v) is 7.64. The molecule has 0 fully saturated rings. The zero-order chi connectivity index (χ0) is 17.3. The highest BCUT2D eigenvalue weighted by atomic mass is 16.5. The van der Waals surface area contributed by atoms with Crippen LogP contribution in [0.4, 0.5) is 5.69 Å². The largest absolute Gasteiger partial charge is 0.481 e. The molecule has 0 aliphatic rings. The lowest BCUT2D eigenvalue weighted by Crippen LogP contribution is -2.13. The van der Waals surface area contributed by atoms with Crippen molar-refractivity contribution in [3.8, 4) is 5.88 Å². The fraction of sp³-hybridized carbons (Fsp3) is 0.294. The minimum absolute atomic E-state index is 0.251. The van der Waals surface area contributed by atoms with Gasteiger partial charge in [-0.1, -0.05) is 0 Å². The molecule has 7 heteroatoms. The Bertz CT molecular complexity index is 901. The SMILES string of the molecule is COc1cc(C)c(NC(=O)c2cnc3c(c2)ncn3C(C)C)cn1. The molecule has 0 atom stereocenters. The molecule has 0 unspecified atom stereocenters. The van der Waals surface area contributed by atoms with Gasteiger partial charge in [-0.05, 0) is 32.4 Å². The van der Waals surface area contributed by atoms with Crippen molar-refractivity contribution >= 4 is 22.8 Å². The van der Waals surface area contributed by atoms with Crippen LogP contribution in [-0.2, 0) is 0 Å². The molecule has 3 heterocycles. The maximum Gasteiger partial charge on any atom is 0.257 e. The number of ether oxygens (including phenoxy) is 1. The summed E-state index contributed by atoms with van der Waals surface area (Å²) in [5, 5.41) is 2.84. The molecule has 0 aromatic carbocycles. The number of carbonyl (C=O) groups is 1. The summed E-state index contributed by atoms with van der Waals surface area (Å²) in [6.45, 7) is 6.00. The number of methoxy groups -OCH3 is 1. The van der Waals surface area contributed by atoms with Crippen LogP contribution in [0.5, 0.6) is 5.88 Å². The smallest absolute Gasteiger partial charge is 0.257 e. The van der Waals surface area contributed by atoms with E-state index in [-0.39, 0.29) is 11.9 Å². The van der Waals surface area contributed by atoms with Gasteiger partial charge in [0.2, 0.25) is 5.88 Å². The molecule has 0 spiro atoms. The average molecular weight is 325 g/mol. The molecule has 0 saturated heterocycles. The summed E-state index contributed by atoms with van der Waals surface area (Å²) in [5.41, 5.74) is 3.42. The predicted molar refractivity (Wildman–Crippen MR) is 91.4 cm³/mol. The molecule has 0 aliphatic heterocycles. The number of fused-ring (bicyclic) bond motifs is 1. The van der Waals surface area contributed by atoms with Crippen molar-refractivity contribution in [2.24, 2.45) is 0 Å². The lowest BCUT2D eigenvalue weighted by molar-refractivity contribution is 0.102. The number of rotatable bonds is 4. The summed E-state index contributed by atoms with van der Waals surface area (Å²) in [4.78, 5) is 25.3. The summed E-state index contributed by atoms with van der Waals surface area (Å²) in [6, 6.07) is 3.76. The third-order valence-corrected chi connectivity index (χ3v) is 3.77. The van der Waals surface area contributed by atoms with Gasteiger partial charge in [-0.25, -0.2) is 15.0 Å². The lowest BCUT2D eigenvalue weighted by Gasteiger charge is -2.09. The van der Waals surface area contributed by atoms with Crippen LogP contribution in [0.2, 0.25) is 0 Å². The standard InChI is InChI=1S/C17H19N5O2/c1-10(2)22-9-20-13-6-12(7-19-16(13)22)17(23)21-14-8-18-15(24-4)5-11(14)3/h5-10H,1-4H3,(H,21,23). The van der Waals surface area contributed by atoms with E-state index in [0.717, 1.165) is 11.2 Å². The number of hydrogen-bond acceptors (Lipinski definition) is 5. The lowest BCUT2D eigenvalue weighted by atomic mass is 10.2. The second-order valence-corrected chi connectivity index (χ2v) is 5.81. The second-order valence-electron chi connectivity index (χ2n) is 5.81. The number of imidazole rings is 1. The Kier molecular flexibility index (Phi) is 4.16. The second kappa shape index (κ2) is 6.27. The number of amides is 1. The molecule has 0 saturated carbocycles. The molecule has 1 amide bonds. The highest BCUT2D eigenvalue weighted by molar-refractivity contribution is 6.05. The highest BCUT2D eigenvalue weighted by Crippen LogP contribution is 2.20. The Balaban J connectivity index is 1.86. The number of anilines is 1. The molecule has 24 heavy (non-hydrogen) atoms. The van der Waals surface area contributed by atoms with Crippen molar-refractivity contribution in [3.63, 3.8) is 0 Å². The van der Waals surface area contributed by atoms with Crippen molar-refractivity contribution in [2.45, 2.75) is 26.8 Å². The van der Waals surface area contributed by atoms with Crippen LogP contribution in [0.1, 0.15) is 35.8 Å².